The molecule has 2 unspecified atom stereocenters. The van der Waals surface area contributed by atoms with Crippen LogP contribution in [0.2, 0.25) is 0 Å². The maximum absolute atomic E-state index is 12.2. The monoisotopic (exact) mass is 305 g/mol. The zero-order valence-corrected chi connectivity index (χ0v) is 12.7. The van der Waals surface area contributed by atoms with Gasteiger partial charge in [0.15, 0.2) is 0 Å². The second kappa shape index (κ2) is 7.56. The SMILES string of the molecule is O=C(NCC1CCCO1)c1cncc(NCC2CCCO2)c1. The number of rotatable bonds is 6. The summed E-state index contributed by atoms with van der Waals surface area (Å²) in [5.41, 5.74) is 1.41. The molecule has 0 aromatic carbocycles. The Kier molecular flexibility index (Phi) is 5.24. The molecule has 6 heteroatoms. The highest BCUT2D eigenvalue weighted by Gasteiger charge is 2.17. The highest BCUT2D eigenvalue weighted by Crippen LogP contribution is 2.15. The van der Waals surface area contributed by atoms with E-state index in [1.165, 1.54) is 0 Å². The molecule has 2 fully saturated rings. The lowest BCUT2D eigenvalue weighted by Gasteiger charge is -2.13. The van der Waals surface area contributed by atoms with E-state index in [9.17, 15) is 4.79 Å². The van der Waals surface area contributed by atoms with Crippen LogP contribution < -0.4 is 10.6 Å². The van der Waals surface area contributed by atoms with Crippen LogP contribution in [0.1, 0.15) is 36.0 Å². The van der Waals surface area contributed by atoms with Crippen molar-refractivity contribution in [3.05, 3.63) is 24.0 Å². The molecular weight excluding hydrogens is 282 g/mol. The van der Waals surface area contributed by atoms with Crippen molar-refractivity contribution < 1.29 is 14.3 Å². The van der Waals surface area contributed by atoms with E-state index in [-0.39, 0.29) is 18.1 Å². The number of pyridine rings is 1. The minimum absolute atomic E-state index is 0.108. The van der Waals surface area contributed by atoms with Crippen molar-refractivity contribution >= 4 is 11.6 Å². The first-order valence-electron chi connectivity index (χ1n) is 8.01. The van der Waals surface area contributed by atoms with Gasteiger partial charge in [-0.3, -0.25) is 9.78 Å². The van der Waals surface area contributed by atoms with E-state index in [0.717, 1.165) is 51.1 Å². The summed E-state index contributed by atoms with van der Waals surface area (Å²) in [5.74, 6) is -0.108. The Bertz CT molecular complexity index is 497. The van der Waals surface area contributed by atoms with Crippen molar-refractivity contribution in [2.24, 2.45) is 0 Å². The van der Waals surface area contributed by atoms with Crippen LogP contribution in [-0.2, 0) is 9.47 Å². The molecule has 1 aromatic heterocycles. The molecule has 22 heavy (non-hydrogen) atoms. The van der Waals surface area contributed by atoms with Crippen LogP contribution in [0.3, 0.4) is 0 Å². The highest BCUT2D eigenvalue weighted by atomic mass is 16.5. The third kappa shape index (κ3) is 4.18. The molecule has 120 valence electrons. The Hall–Kier alpha value is -1.66. The van der Waals surface area contributed by atoms with Gasteiger partial charge in [0.1, 0.15) is 0 Å². The van der Waals surface area contributed by atoms with Crippen LogP contribution in [0.4, 0.5) is 5.69 Å². The average molecular weight is 305 g/mol. The third-order valence-electron chi connectivity index (χ3n) is 4.07. The van der Waals surface area contributed by atoms with Crippen LogP contribution in [0.25, 0.3) is 0 Å². The number of carbonyl (C=O) groups excluding carboxylic acids is 1. The summed E-state index contributed by atoms with van der Waals surface area (Å²) < 4.78 is 11.1. The summed E-state index contributed by atoms with van der Waals surface area (Å²) in [5, 5.41) is 6.20. The summed E-state index contributed by atoms with van der Waals surface area (Å²) in [6, 6.07) is 1.83. The molecule has 1 aromatic rings. The first kappa shape index (κ1) is 15.2. The Morgan fingerprint density at radius 1 is 1.14 bits per heavy atom. The van der Waals surface area contributed by atoms with Gasteiger partial charge in [0, 0.05) is 38.7 Å². The average Bonchev–Trinajstić information content (AvgIpc) is 3.24. The van der Waals surface area contributed by atoms with Gasteiger partial charge in [0.25, 0.3) is 5.91 Å². The maximum atomic E-state index is 12.2. The van der Waals surface area contributed by atoms with E-state index in [0.29, 0.717) is 12.1 Å². The van der Waals surface area contributed by atoms with Crippen molar-refractivity contribution in [2.45, 2.75) is 37.9 Å². The van der Waals surface area contributed by atoms with E-state index in [1.54, 1.807) is 12.4 Å². The minimum atomic E-state index is -0.108. The van der Waals surface area contributed by atoms with E-state index in [1.807, 2.05) is 6.07 Å². The van der Waals surface area contributed by atoms with E-state index < -0.39 is 0 Å². The maximum Gasteiger partial charge on any atom is 0.253 e. The van der Waals surface area contributed by atoms with Crippen LogP contribution in [0.5, 0.6) is 0 Å². The number of hydrogen-bond acceptors (Lipinski definition) is 5. The first-order valence-corrected chi connectivity index (χ1v) is 8.01. The molecule has 2 N–H and O–H groups in total. The number of nitrogens with zero attached hydrogens (tertiary/aromatic N) is 1. The molecule has 0 spiro atoms. The van der Waals surface area contributed by atoms with Crippen LogP contribution in [-0.4, -0.2) is 49.4 Å². The van der Waals surface area contributed by atoms with Crippen LogP contribution in [0.15, 0.2) is 18.5 Å². The second-order valence-corrected chi connectivity index (χ2v) is 5.82. The van der Waals surface area contributed by atoms with Crippen molar-refractivity contribution in [1.29, 1.82) is 0 Å². The Morgan fingerprint density at radius 2 is 1.86 bits per heavy atom. The fraction of sp³-hybridized carbons (Fsp3) is 0.625. The molecule has 0 saturated carbocycles. The van der Waals surface area contributed by atoms with Gasteiger partial charge < -0.3 is 20.1 Å². The number of aromatic nitrogens is 1. The number of hydrogen-bond donors (Lipinski definition) is 2. The normalized spacial score (nSPS) is 24.4. The Morgan fingerprint density at radius 3 is 2.55 bits per heavy atom. The Balaban J connectivity index is 1.49. The smallest absolute Gasteiger partial charge is 0.253 e. The van der Waals surface area contributed by atoms with Crippen molar-refractivity contribution in [1.82, 2.24) is 10.3 Å². The minimum Gasteiger partial charge on any atom is -0.381 e. The molecule has 2 aliphatic rings. The van der Waals surface area contributed by atoms with Crippen molar-refractivity contribution in [2.75, 3.05) is 31.6 Å². The van der Waals surface area contributed by atoms with Gasteiger partial charge in [-0.2, -0.15) is 0 Å². The summed E-state index contributed by atoms with van der Waals surface area (Å²) in [4.78, 5) is 16.3. The quantitative estimate of drug-likeness (QED) is 0.835. The zero-order valence-electron chi connectivity index (χ0n) is 12.7. The number of anilines is 1. The molecule has 2 atom stereocenters. The molecule has 3 heterocycles. The van der Waals surface area contributed by atoms with Crippen LogP contribution in [0, 0.1) is 0 Å². The van der Waals surface area contributed by atoms with Gasteiger partial charge in [-0.05, 0) is 31.7 Å². The van der Waals surface area contributed by atoms with Gasteiger partial charge >= 0.3 is 0 Å². The zero-order chi connectivity index (χ0) is 15.2. The third-order valence-corrected chi connectivity index (χ3v) is 4.07. The lowest BCUT2D eigenvalue weighted by molar-refractivity contribution is 0.0857. The van der Waals surface area contributed by atoms with Crippen molar-refractivity contribution in [3.8, 4) is 0 Å². The van der Waals surface area contributed by atoms with E-state index in [4.69, 9.17) is 9.47 Å². The van der Waals surface area contributed by atoms with Gasteiger partial charge in [-0.1, -0.05) is 0 Å². The summed E-state index contributed by atoms with van der Waals surface area (Å²) in [7, 11) is 0. The topological polar surface area (TPSA) is 72.5 Å². The van der Waals surface area contributed by atoms with Gasteiger partial charge in [-0.15, -0.1) is 0 Å². The molecule has 0 bridgehead atoms. The molecule has 6 nitrogen and oxygen atoms in total. The van der Waals surface area contributed by atoms with Crippen molar-refractivity contribution in [3.63, 3.8) is 0 Å². The van der Waals surface area contributed by atoms with Gasteiger partial charge in [0.2, 0.25) is 0 Å². The van der Waals surface area contributed by atoms with E-state index >= 15 is 0 Å². The Labute approximate surface area is 130 Å². The predicted octanol–water partition coefficient (Wildman–Crippen LogP) is 1.58. The molecule has 1 amide bonds. The first-order chi connectivity index (χ1) is 10.8. The largest absolute Gasteiger partial charge is 0.381 e. The molecule has 3 rings (SSSR count). The number of carbonyl (C=O) groups is 1. The fourth-order valence-corrected chi connectivity index (χ4v) is 2.81. The van der Waals surface area contributed by atoms with E-state index in [2.05, 4.69) is 15.6 Å². The predicted molar refractivity (Wildman–Crippen MR) is 83.0 cm³/mol. The number of nitrogens with one attached hydrogen (secondary N) is 2. The summed E-state index contributed by atoms with van der Waals surface area (Å²) >= 11 is 0. The standard InChI is InChI=1S/C16H23N3O3/c20-16(19-11-15-4-2-6-22-15)12-7-13(9-17-8-12)18-10-14-3-1-5-21-14/h7-9,14-15,18H,1-6,10-11H2,(H,19,20). The molecule has 2 aliphatic heterocycles. The van der Waals surface area contributed by atoms with Gasteiger partial charge in [0.05, 0.1) is 23.5 Å². The lowest BCUT2D eigenvalue weighted by Crippen LogP contribution is -2.31. The fourth-order valence-electron chi connectivity index (χ4n) is 2.81. The summed E-state index contributed by atoms with van der Waals surface area (Å²) in [6.45, 7) is 2.95. The number of ether oxygens (including phenoxy) is 2. The highest BCUT2D eigenvalue weighted by molar-refractivity contribution is 5.94. The molecule has 0 aliphatic carbocycles. The molecular formula is C16H23N3O3. The molecule has 0 radical (unpaired) electrons. The summed E-state index contributed by atoms with van der Waals surface area (Å²) in [6.07, 6.45) is 8.02. The van der Waals surface area contributed by atoms with Gasteiger partial charge in [-0.25, -0.2) is 0 Å². The second-order valence-electron chi connectivity index (χ2n) is 5.82. The molecule has 2 saturated heterocycles. The number of amides is 1. The lowest BCUT2D eigenvalue weighted by atomic mass is 10.2. The van der Waals surface area contributed by atoms with Crippen LogP contribution >= 0.6 is 0 Å².